The van der Waals surface area contributed by atoms with Crippen LogP contribution in [-0.4, -0.2) is 0 Å². The van der Waals surface area contributed by atoms with Crippen LogP contribution in [0.1, 0.15) is 16.7 Å². The van der Waals surface area contributed by atoms with Gasteiger partial charge in [-0.15, -0.1) is 0 Å². The summed E-state index contributed by atoms with van der Waals surface area (Å²) in [6, 6.07) is 4.21. The quantitative estimate of drug-likeness (QED) is 0.628. The lowest BCUT2D eigenvalue weighted by atomic mass is 10.1. The van der Waals surface area contributed by atoms with Crippen molar-refractivity contribution in [1.29, 1.82) is 0 Å². The zero-order valence-corrected chi connectivity index (χ0v) is 9.76. The summed E-state index contributed by atoms with van der Waals surface area (Å²) in [6.45, 7) is 5.21. The summed E-state index contributed by atoms with van der Waals surface area (Å²) in [5.41, 5.74) is 3.74. The fourth-order valence-electron chi connectivity index (χ4n) is 1.13. The van der Waals surface area contributed by atoms with Gasteiger partial charge in [0.05, 0.1) is 0 Å². The summed E-state index contributed by atoms with van der Waals surface area (Å²) in [6.07, 6.45) is 0. The molecule has 1 rings (SSSR count). The van der Waals surface area contributed by atoms with Crippen molar-refractivity contribution >= 4 is 34.4 Å². The average molecular weight is 221 g/mol. The number of hydrogen-bond acceptors (Lipinski definition) is 0. The van der Waals surface area contributed by atoms with Crippen LogP contribution in [-0.2, 0) is 0 Å². The standard InChI is InChI=1S/C9H11Cl2P/c1-6-4-8(3)9(12(10)11)5-7(6)2/h4-5H,1-3H3. The molecular weight excluding hydrogens is 210 g/mol. The Morgan fingerprint density at radius 2 is 1.42 bits per heavy atom. The van der Waals surface area contributed by atoms with E-state index in [1.54, 1.807) is 0 Å². The van der Waals surface area contributed by atoms with Gasteiger partial charge >= 0.3 is 0 Å². The Labute approximate surface area is 84.2 Å². The number of aryl methyl sites for hydroxylation is 3. The topological polar surface area (TPSA) is 0 Å². The minimum atomic E-state index is -1.00. The van der Waals surface area contributed by atoms with Crippen LogP contribution in [0.2, 0.25) is 0 Å². The van der Waals surface area contributed by atoms with Gasteiger partial charge in [0.2, 0.25) is 0 Å². The molecule has 0 saturated heterocycles. The predicted octanol–water partition coefficient (Wildman–Crippen LogP) is 4.03. The highest BCUT2D eigenvalue weighted by Crippen LogP contribution is 2.46. The van der Waals surface area contributed by atoms with Crippen LogP contribution < -0.4 is 5.30 Å². The zero-order valence-electron chi connectivity index (χ0n) is 7.36. The summed E-state index contributed by atoms with van der Waals surface area (Å²) in [7, 11) is 0. The van der Waals surface area contributed by atoms with Gasteiger partial charge < -0.3 is 0 Å². The Bertz CT molecular complexity index is 295. The monoisotopic (exact) mass is 220 g/mol. The summed E-state index contributed by atoms with van der Waals surface area (Å²) < 4.78 is 0. The van der Waals surface area contributed by atoms with Crippen molar-refractivity contribution in [2.75, 3.05) is 0 Å². The van der Waals surface area contributed by atoms with Crippen molar-refractivity contribution < 1.29 is 0 Å². The molecule has 0 amide bonds. The van der Waals surface area contributed by atoms with Gasteiger partial charge in [0.1, 0.15) is 6.63 Å². The molecule has 1 aromatic rings. The molecule has 0 aliphatic rings. The van der Waals surface area contributed by atoms with E-state index in [-0.39, 0.29) is 0 Å². The second kappa shape index (κ2) is 3.96. The smallest absolute Gasteiger partial charge is 0.0727 e. The Hall–Kier alpha value is 0.230. The van der Waals surface area contributed by atoms with Crippen LogP contribution in [0.5, 0.6) is 0 Å². The first-order valence-electron chi connectivity index (χ1n) is 3.72. The molecule has 0 N–H and O–H groups in total. The molecule has 0 spiro atoms. The van der Waals surface area contributed by atoms with Crippen LogP contribution in [0.4, 0.5) is 0 Å². The Balaban J connectivity index is 3.23. The third-order valence-corrected chi connectivity index (χ3v) is 3.93. The van der Waals surface area contributed by atoms with Crippen molar-refractivity contribution in [3.63, 3.8) is 0 Å². The highest BCUT2D eigenvalue weighted by atomic mass is 35.9. The van der Waals surface area contributed by atoms with Crippen molar-refractivity contribution in [3.05, 3.63) is 28.8 Å². The normalized spacial score (nSPS) is 10.8. The van der Waals surface area contributed by atoms with E-state index in [0.717, 1.165) is 5.30 Å². The van der Waals surface area contributed by atoms with E-state index in [2.05, 4.69) is 26.0 Å². The highest BCUT2D eigenvalue weighted by molar-refractivity contribution is 8.08. The molecule has 0 atom stereocenters. The fourth-order valence-corrected chi connectivity index (χ4v) is 2.84. The first kappa shape index (κ1) is 10.3. The number of rotatable bonds is 1. The van der Waals surface area contributed by atoms with Gasteiger partial charge in [-0.3, -0.25) is 0 Å². The molecule has 0 heterocycles. The van der Waals surface area contributed by atoms with Crippen LogP contribution in [0.15, 0.2) is 12.1 Å². The molecule has 0 fully saturated rings. The molecule has 0 bridgehead atoms. The maximum absolute atomic E-state index is 5.86. The predicted molar refractivity (Wildman–Crippen MR) is 58.9 cm³/mol. The number of hydrogen-bond donors (Lipinski definition) is 0. The first-order valence-corrected chi connectivity index (χ1v) is 6.87. The Morgan fingerprint density at radius 1 is 0.917 bits per heavy atom. The molecular formula is C9H11Cl2P. The molecule has 0 saturated carbocycles. The van der Waals surface area contributed by atoms with Crippen LogP contribution in [0.25, 0.3) is 0 Å². The molecule has 66 valence electrons. The molecule has 3 heteroatoms. The summed E-state index contributed by atoms with van der Waals surface area (Å²) in [5.74, 6) is 0. The van der Waals surface area contributed by atoms with Gasteiger partial charge in [-0.1, -0.05) is 28.5 Å². The van der Waals surface area contributed by atoms with E-state index in [4.69, 9.17) is 22.5 Å². The lowest BCUT2D eigenvalue weighted by molar-refractivity contribution is 1.32. The number of benzene rings is 1. The third-order valence-electron chi connectivity index (χ3n) is 1.99. The minimum Gasteiger partial charge on any atom is -0.0727 e. The molecule has 1 aromatic carbocycles. The summed E-state index contributed by atoms with van der Waals surface area (Å²) >= 11 is 11.7. The maximum Gasteiger partial charge on any atom is 0.117 e. The Kier molecular flexibility index (Phi) is 3.40. The van der Waals surface area contributed by atoms with Crippen LogP contribution in [0.3, 0.4) is 0 Å². The van der Waals surface area contributed by atoms with Crippen molar-refractivity contribution in [2.24, 2.45) is 0 Å². The van der Waals surface area contributed by atoms with Gasteiger partial charge in [0, 0.05) is 5.30 Å². The van der Waals surface area contributed by atoms with Gasteiger partial charge in [0.15, 0.2) is 0 Å². The van der Waals surface area contributed by atoms with Crippen molar-refractivity contribution in [1.82, 2.24) is 0 Å². The van der Waals surface area contributed by atoms with Crippen LogP contribution in [0, 0.1) is 20.8 Å². The Morgan fingerprint density at radius 3 is 1.92 bits per heavy atom. The summed E-state index contributed by atoms with van der Waals surface area (Å²) in [4.78, 5) is 0. The van der Waals surface area contributed by atoms with E-state index in [1.165, 1.54) is 16.7 Å². The molecule has 12 heavy (non-hydrogen) atoms. The van der Waals surface area contributed by atoms with Crippen molar-refractivity contribution in [3.8, 4) is 0 Å². The molecule has 0 aliphatic heterocycles. The van der Waals surface area contributed by atoms with Crippen LogP contribution >= 0.6 is 29.1 Å². The lowest BCUT2D eigenvalue weighted by Gasteiger charge is -2.09. The first-order chi connectivity index (χ1) is 5.52. The van der Waals surface area contributed by atoms with E-state index >= 15 is 0 Å². The third kappa shape index (κ3) is 2.13. The minimum absolute atomic E-state index is 1.00. The molecule has 0 unspecified atom stereocenters. The average Bonchev–Trinajstić information content (AvgIpc) is 1.96. The second-order valence-corrected chi connectivity index (χ2v) is 6.45. The largest absolute Gasteiger partial charge is 0.117 e. The van der Waals surface area contributed by atoms with Gasteiger partial charge in [0.25, 0.3) is 0 Å². The van der Waals surface area contributed by atoms with Crippen molar-refractivity contribution in [2.45, 2.75) is 20.8 Å². The van der Waals surface area contributed by atoms with E-state index in [9.17, 15) is 0 Å². The number of halogens is 2. The van der Waals surface area contributed by atoms with E-state index < -0.39 is 6.63 Å². The van der Waals surface area contributed by atoms with E-state index in [1.807, 2.05) is 6.92 Å². The zero-order chi connectivity index (χ0) is 9.30. The van der Waals surface area contributed by atoms with Gasteiger partial charge in [-0.25, -0.2) is 0 Å². The highest BCUT2D eigenvalue weighted by Gasteiger charge is 2.08. The van der Waals surface area contributed by atoms with Gasteiger partial charge in [-0.2, -0.15) is 0 Å². The SMILES string of the molecule is Cc1cc(C)c(P(Cl)Cl)cc1C. The second-order valence-electron chi connectivity index (χ2n) is 2.96. The lowest BCUT2D eigenvalue weighted by Crippen LogP contribution is -2.02. The molecule has 0 aromatic heterocycles. The maximum atomic E-state index is 5.86. The molecule has 0 radical (unpaired) electrons. The van der Waals surface area contributed by atoms with E-state index in [0.29, 0.717) is 0 Å². The molecule has 0 nitrogen and oxygen atoms in total. The molecule has 0 aliphatic carbocycles. The summed E-state index contributed by atoms with van der Waals surface area (Å²) in [5, 5.41) is 1.08. The van der Waals surface area contributed by atoms with Gasteiger partial charge in [-0.05, 0) is 43.5 Å². The fraction of sp³-hybridized carbons (Fsp3) is 0.333.